The van der Waals surface area contributed by atoms with E-state index in [1.807, 2.05) is 0 Å². The average molecular weight is 220 g/mol. The van der Waals surface area contributed by atoms with Gasteiger partial charge in [0.1, 0.15) is 0 Å². The minimum absolute atomic E-state index is 0.208. The summed E-state index contributed by atoms with van der Waals surface area (Å²) < 4.78 is 54.2. The molecule has 0 aromatic heterocycles. The topological polar surface area (TPSA) is 9.23 Å². The molecule has 0 atom stereocenters. The van der Waals surface area contributed by atoms with Crippen molar-refractivity contribution < 1.29 is 22.3 Å². The summed E-state index contributed by atoms with van der Waals surface area (Å²) in [7, 11) is 1.18. The molecule has 0 heterocycles. The van der Waals surface area contributed by atoms with Crippen LogP contribution in [-0.4, -0.2) is 13.3 Å². The first-order valence-electron chi connectivity index (χ1n) is 3.96. The lowest BCUT2D eigenvalue weighted by Gasteiger charge is -2.11. The van der Waals surface area contributed by atoms with Gasteiger partial charge in [-0.15, -0.1) is 0 Å². The third-order valence-electron chi connectivity index (χ3n) is 1.84. The second kappa shape index (κ2) is 3.92. The van der Waals surface area contributed by atoms with E-state index in [-0.39, 0.29) is 11.3 Å². The van der Waals surface area contributed by atoms with Gasteiger partial charge in [-0.2, -0.15) is 13.2 Å². The monoisotopic (exact) mass is 220 g/mol. The normalized spacial score (nSPS) is 11.3. The largest absolute Gasteiger partial charge is 0.494 e. The maximum Gasteiger partial charge on any atom is 0.416 e. The lowest BCUT2D eigenvalue weighted by Crippen LogP contribution is -2.09. The van der Waals surface area contributed by atoms with Gasteiger partial charge in [0.05, 0.1) is 12.7 Å². The van der Waals surface area contributed by atoms with Gasteiger partial charge < -0.3 is 4.74 Å². The Hall–Kier alpha value is -1.52. The Morgan fingerprint density at radius 1 is 1.33 bits per heavy atom. The van der Waals surface area contributed by atoms with Crippen LogP contribution in [-0.2, 0) is 0 Å². The van der Waals surface area contributed by atoms with Crippen molar-refractivity contribution in [2.75, 3.05) is 7.11 Å². The van der Waals surface area contributed by atoms with E-state index in [0.29, 0.717) is 0 Å². The number of ether oxygens (including phenoxy) is 1. The van der Waals surface area contributed by atoms with E-state index in [2.05, 4.69) is 11.3 Å². The number of hydrogen-bond donors (Lipinski definition) is 0. The van der Waals surface area contributed by atoms with Crippen LogP contribution >= 0.6 is 0 Å². The molecular weight excluding hydrogens is 212 g/mol. The second-order valence-electron chi connectivity index (χ2n) is 2.83. The summed E-state index contributed by atoms with van der Waals surface area (Å²) in [4.78, 5) is 0. The Morgan fingerprint density at radius 2 is 1.93 bits per heavy atom. The lowest BCUT2D eigenvalue weighted by atomic mass is 10.1. The molecule has 0 N–H and O–H groups in total. The first kappa shape index (κ1) is 11.6. The summed E-state index contributed by atoms with van der Waals surface area (Å²) in [5.41, 5.74) is -1.23. The van der Waals surface area contributed by atoms with Crippen LogP contribution in [0, 0.1) is 5.82 Å². The minimum Gasteiger partial charge on any atom is -0.494 e. The number of rotatable bonds is 2. The molecule has 1 nitrogen and oxygen atoms in total. The van der Waals surface area contributed by atoms with Crippen LogP contribution < -0.4 is 4.74 Å². The Morgan fingerprint density at radius 3 is 2.40 bits per heavy atom. The highest BCUT2D eigenvalue weighted by molar-refractivity contribution is 5.68. The number of allylic oxidation sites excluding steroid dienone is 1. The molecule has 0 aliphatic rings. The summed E-state index contributed by atoms with van der Waals surface area (Å²) in [6.07, 6.45) is -4.52. The van der Waals surface area contributed by atoms with Crippen molar-refractivity contribution in [3.05, 3.63) is 36.2 Å². The van der Waals surface area contributed by atoms with Crippen molar-refractivity contribution in [3.63, 3.8) is 0 Å². The maximum atomic E-state index is 12.9. The Labute approximate surface area is 84.0 Å². The summed E-state index contributed by atoms with van der Waals surface area (Å²) in [6, 6.07) is 2.88. The Kier molecular flexibility index (Phi) is 3.02. The van der Waals surface area contributed by atoms with E-state index >= 15 is 0 Å². The van der Waals surface area contributed by atoms with Crippen molar-refractivity contribution >= 4 is 5.57 Å². The molecule has 0 amide bonds. The third kappa shape index (κ3) is 2.49. The molecule has 0 radical (unpaired) electrons. The molecule has 0 saturated carbocycles. The highest BCUT2D eigenvalue weighted by Crippen LogP contribution is 2.34. The molecule has 82 valence electrons. The van der Waals surface area contributed by atoms with Gasteiger partial charge in [0.15, 0.2) is 11.6 Å². The highest BCUT2D eigenvalue weighted by atomic mass is 19.4. The van der Waals surface area contributed by atoms with Gasteiger partial charge in [0.25, 0.3) is 0 Å². The summed E-state index contributed by atoms with van der Waals surface area (Å²) in [5, 5.41) is 0. The number of halogens is 4. The van der Waals surface area contributed by atoms with Crippen LogP contribution in [0.4, 0.5) is 17.6 Å². The number of benzene rings is 1. The lowest BCUT2D eigenvalue weighted by molar-refractivity contribution is -0.0686. The van der Waals surface area contributed by atoms with Crippen LogP contribution in [0.25, 0.3) is 5.57 Å². The molecular formula is C10H8F4O. The SMILES string of the molecule is C=C(c1ccc(F)c(OC)c1)C(F)(F)F. The van der Waals surface area contributed by atoms with Crippen LogP contribution in [0.2, 0.25) is 0 Å². The molecule has 1 aromatic rings. The van der Waals surface area contributed by atoms with Crippen LogP contribution in [0.1, 0.15) is 5.56 Å². The molecule has 0 aliphatic heterocycles. The fraction of sp³-hybridized carbons (Fsp3) is 0.200. The summed E-state index contributed by atoms with van der Waals surface area (Å²) >= 11 is 0. The fourth-order valence-corrected chi connectivity index (χ4v) is 1.01. The number of alkyl halides is 3. The predicted molar refractivity (Wildman–Crippen MR) is 48.0 cm³/mol. The molecule has 0 spiro atoms. The van der Waals surface area contributed by atoms with Crippen LogP contribution in [0.15, 0.2) is 24.8 Å². The average Bonchev–Trinajstić information content (AvgIpc) is 2.16. The summed E-state index contributed by atoms with van der Waals surface area (Å²) in [5.74, 6) is -0.950. The first-order valence-corrected chi connectivity index (χ1v) is 3.96. The van der Waals surface area contributed by atoms with E-state index in [0.717, 1.165) is 18.2 Å². The molecule has 15 heavy (non-hydrogen) atoms. The molecule has 1 rings (SSSR count). The van der Waals surface area contributed by atoms with E-state index in [1.165, 1.54) is 7.11 Å². The number of methoxy groups -OCH3 is 1. The van der Waals surface area contributed by atoms with Crippen molar-refractivity contribution in [1.82, 2.24) is 0 Å². The molecule has 5 heteroatoms. The van der Waals surface area contributed by atoms with Crippen molar-refractivity contribution in [2.45, 2.75) is 6.18 Å². The van der Waals surface area contributed by atoms with Crippen LogP contribution in [0.3, 0.4) is 0 Å². The van der Waals surface area contributed by atoms with Gasteiger partial charge in [-0.3, -0.25) is 0 Å². The van der Waals surface area contributed by atoms with Gasteiger partial charge in [-0.25, -0.2) is 4.39 Å². The molecule has 1 aromatic carbocycles. The zero-order valence-electron chi connectivity index (χ0n) is 7.86. The van der Waals surface area contributed by atoms with Crippen molar-refractivity contribution in [3.8, 4) is 5.75 Å². The first-order chi connectivity index (χ1) is 6.86. The molecule has 0 aliphatic carbocycles. The van der Waals surface area contributed by atoms with Gasteiger partial charge >= 0.3 is 6.18 Å². The Balaban J connectivity index is 3.12. The van der Waals surface area contributed by atoms with Gasteiger partial charge in [-0.05, 0) is 17.7 Å². The minimum atomic E-state index is -4.52. The van der Waals surface area contributed by atoms with E-state index in [9.17, 15) is 17.6 Å². The fourth-order valence-electron chi connectivity index (χ4n) is 1.01. The standard InChI is InChI=1S/C10H8F4O/c1-6(10(12,13)14)7-3-4-8(11)9(5-7)15-2/h3-5H,1H2,2H3. The van der Waals surface area contributed by atoms with Gasteiger partial charge in [-0.1, -0.05) is 12.6 Å². The van der Waals surface area contributed by atoms with E-state index in [1.54, 1.807) is 0 Å². The van der Waals surface area contributed by atoms with Crippen molar-refractivity contribution in [1.29, 1.82) is 0 Å². The zero-order chi connectivity index (χ0) is 11.6. The van der Waals surface area contributed by atoms with E-state index in [4.69, 9.17) is 0 Å². The van der Waals surface area contributed by atoms with Gasteiger partial charge in [0.2, 0.25) is 0 Å². The zero-order valence-corrected chi connectivity index (χ0v) is 7.86. The second-order valence-corrected chi connectivity index (χ2v) is 2.83. The molecule has 0 unspecified atom stereocenters. The smallest absolute Gasteiger partial charge is 0.416 e. The van der Waals surface area contributed by atoms with Crippen molar-refractivity contribution in [2.24, 2.45) is 0 Å². The molecule has 0 bridgehead atoms. The highest BCUT2D eigenvalue weighted by Gasteiger charge is 2.33. The quantitative estimate of drug-likeness (QED) is 0.694. The van der Waals surface area contributed by atoms with Gasteiger partial charge in [0, 0.05) is 0 Å². The molecule has 0 saturated heterocycles. The third-order valence-corrected chi connectivity index (χ3v) is 1.84. The number of hydrogen-bond acceptors (Lipinski definition) is 1. The van der Waals surface area contributed by atoms with Crippen LogP contribution in [0.5, 0.6) is 5.75 Å². The van der Waals surface area contributed by atoms with E-state index < -0.39 is 17.6 Å². The predicted octanol–water partition coefficient (Wildman–Crippen LogP) is 3.41. The Bertz CT molecular complexity index is 381. The molecule has 0 fully saturated rings. The maximum absolute atomic E-state index is 12.9. The summed E-state index contributed by atoms with van der Waals surface area (Å²) in [6.45, 7) is 2.90.